The van der Waals surface area contributed by atoms with E-state index < -0.39 is 47.5 Å². The van der Waals surface area contributed by atoms with Crippen LogP contribution in [0.4, 0.5) is 23.2 Å². The van der Waals surface area contributed by atoms with E-state index in [2.05, 4.69) is 10.3 Å². The van der Waals surface area contributed by atoms with Gasteiger partial charge in [0.15, 0.2) is 11.6 Å². The lowest BCUT2D eigenvalue weighted by molar-refractivity contribution is 0.0164. The molecule has 12 heteroatoms. The van der Waals surface area contributed by atoms with Crippen LogP contribution in [0.3, 0.4) is 0 Å². The van der Waals surface area contributed by atoms with Gasteiger partial charge in [0.05, 0.1) is 33.2 Å². The van der Waals surface area contributed by atoms with Gasteiger partial charge in [-0.05, 0) is 36.2 Å². The van der Waals surface area contributed by atoms with Gasteiger partial charge in [0, 0.05) is 18.1 Å². The molecule has 0 aliphatic rings. The van der Waals surface area contributed by atoms with Crippen LogP contribution in [0.2, 0.25) is 10.0 Å². The predicted molar refractivity (Wildman–Crippen MR) is 137 cm³/mol. The number of rotatable bonds is 6. The van der Waals surface area contributed by atoms with Crippen molar-refractivity contribution in [1.82, 2.24) is 9.55 Å². The summed E-state index contributed by atoms with van der Waals surface area (Å²) in [6.07, 6.45) is -3.19. The second-order valence-electron chi connectivity index (χ2n) is 8.60. The zero-order valence-corrected chi connectivity index (χ0v) is 21.3. The third-order valence-corrected chi connectivity index (χ3v) is 6.46. The Balaban J connectivity index is 1.90. The van der Waals surface area contributed by atoms with Crippen molar-refractivity contribution >= 4 is 45.7 Å². The first kappa shape index (κ1) is 27.4. The van der Waals surface area contributed by atoms with Gasteiger partial charge in [0.2, 0.25) is 0 Å². The number of carbonyl (C=O) groups excluding carboxylic acids is 1. The lowest BCUT2D eigenvalue weighted by Crippen LogP contribution is -2.28. The average Bonchev–Trinajstić information content (AvgIpc) is 2.84. The summed E-state index contributed by atoms with van der Waals surface area (Å²) in [6, 6.07) is 10.5. The standard InChI is InChI=1S/C26H19Cl2F4N3O3/c1-12-7-8-18(33-24(37)14-9-16(27)21(36)17(28)10-14)19-20(12)34-23(22(29)30)35(25(19)38)11-13-5-3-4-6-15(13)26(2,31)32/h3-10,22,36H,11H2,1-2H3,(H,33,37). The second kappa shape index (κ2) is 10.3. The van der Waals surface area contributed by atoms with Crippen LogP contribution >= 0.6 is 23.2 Å². The Labute approximate surface area is 223 Å². The molecule has 0 fully saturated rings. The molecule has 0 radical (unpaired) electrons. The molecule has 0 spiro atoms. The van der Waals surface area contributed by atoms with Gasteiger partial charge in [-0.3, -0.25) is 14.2 Å². The van der Waals surface area contributed by atoms with Crippen molar-refractivity contribution in [2.75, 3.05) is 5.32 Å². The molecule has 0 aliphatic carbocycles. The minimum Gasteiger partial charge on any atom is -0.505 e. The van der Waals surface area contributed by atoms with Gasteiger partial charge < -0.3 is 10.4 Å². The highest BCUT2D eigenvalue weighted by atomic mass is 35.5. The molecule has 3 aromatic carbocycles. The number of aromatic nitrogens is 2. The number of nitrogens with zero attached hydrogens (tertiary/aromatic N) is 2. The largest absolute Gasteiger partial charge is 0.505 e. The highest BCUT2D eigenvalue weighted by Gasteiger charge is 2.29. The molecular weight excluding hydrogens is 549 g/mol. The van der Waals surface area contributed by atoms with Crippen LogP contribution < -0.4 is 10.9 Å². The molecular formula is C26H19Cl2F4N3O3. The molecule has 0 atom stereocenters. The van der Waals surface area contributed by atoms with Crippen molar-refractivity contribution in [3.8, 4) is 5.75 Å². The summed E-state index contributed by atoms with van der Waals surface area (Å²) in [4.78, 5) is 30.6. The van der Waals surface area contributed by atoms with Gasteiger partial charge in [-0.25, -0.2) is 22.5 Å². The number of benzene rings is 3. The van der Waals surface area contributed by atoms with E-state index in [9.17, 15) is 32.3 Å². The van der Waals surface area contributed by atoms with E-state index in [0.717, 1.165) is 18.2 Å². The quantitative estimate of drug-likeness (QED) is 0.244. The smallest absolute Gasteiger partial charge is 0.295 e. The molecule has 1 heterocycles. The normalized spacial score (nSPS) is 11.8. The van der Waals surface area contributed by atoms with E-state index in [1.807, 2.05) is 0 Å². The number of anilines is 1. The fourth-order valence-corrected chi connectivity index (χ4v) is 4.53. The van der Waals surface area contributed by atoms with Crippen LogP contribution in [0.1, 0.15) is 46.2 Å². The van der Waals surface area contributed by atoms with Gasteiger partial charge in [-0.2, -0.15) is 0 Å². The number of phenols is 1. The number of hydrogen-bond acceptors (Lipinski definition) is 4. The van der Waals surface area contributed by atoms with Gasteiger partial charge >= 0.3 is 0 Å². The molecule has 0 bridgehead atoms. The molecule has 0 aliphatic heterocycles. The molecule has 1 amide bonds. The van der Waals surface area contributed by atoms with E-state index in [1.54, 1.807) is 6.92 Å². The molecule has 1 aromatic heterocycles. The molecule has 4 rings (SSSR count). The van der Waals surface area contributed by atoms with Crippen LogP contribution in [0.25, 0.3) is 10.9 Å². The van der Waals surface area contributed by atoms with Crippen LogP contribution in [-0.4, -0.2) is 20.6 Å². The Morgan fingerprint density at radius 2 is 1.76 bits per heavy atom. The lowest BCUT2D eigenvalue weighted by atomic mass is 10.0. The first-order valence-corrected chi connectivity index (χ1v) is 11.8. The SMILES string of the molecule is Cc1ccc(NC(=O)c2cc(Cl)c(O)c(Cl)c2)c2c(=O)n(Cc3ccccc3C(C)(F)F)c(C(F)F)nc12. The monoisotopic (exact) mass is 567 g/mol. The number of phenolic OH excluding ortho intramolecular Hbond substituents is 1. The van der Waals surface area contributed by atoms with Gasteiger partial charge in [0.25, 0.3) is 23.8 Å². The van der Waals surface area contributed by atoms with Crippen molar-refractivity contribution in [3.63, 3.8) is 0 Å². The summed E-state index contributed by atoms with van der Waals surface area (Å²) in [6.45, 7) is 1.61. The van der Waals surface area contributed by atoms with E-state index >= 15 is 0 Å². The number of fused-ring (bicyclic) bond motifs is 1. The van der Waals surface area contributed by atoms with Gasteiger partial charge in [0.1, 0.15) is 0 Å². The fourth-order valence-electron chi connectivity index (χ4n) is 4.04. The summed E-state index contributed by atoms with van der Waals surface area (Å²) in [5, 5.41) is 11.7. The maximum atomic E-state index is 14.2. The summed E-state index contributed by atoms with van der Waals surface area (Å²) < 4.78 is 57.1. The Morgan fingerprint density at radius 1 is 1.13 bits per heavy atom. The highest BCUT2D eigenvalue weighted by Crippen LogP contribution is 2.34. The Hall–Kier alpha value is -3.63. The molecule has 198 valence electrons. The van der Waals surface area contributed by atoms with E-state index in [4.69, 9.17) is 23.2 Å². The van der Waals surface area contributed by atoms with Crippen molar-refractivity contribution in [2.24, 2.45) is 0 Å². The Bertz CT molecular complexity index is 1610. The number of halogens is 6. The third-order valence-electron chi connectivity index (χ3n) is 5.88. The molecule has 4 aromatic rings. The maximum absolute atomic E-state index is 14.2. The number of aromatic hydroxyl groups is 1. The average molecular weight is 568 g/mol. The van der Waals surface area contributed by atoms with Crippen LogP contribution in [0, 0.1) is 6.92 Å². The Kier molecular flexibility index (Phi) is 7.40. The fraction of sp³-hybridized carbons (Fsp3) is 0.192. The van der Waals surface area contributed by atoms with E-state index in [-0.39, 0.29) is 37.8 Å². The molecule has 6 nitrogen and oxygen atoms in total. The topological polar surface area (TPSA) is 84.2 Å². The summed E-state index contributed by atoms with van der Waals surface area (Å²) >= 11 is 11.8. The van der Waals surface area contributed by atoms with Gasteiger partial charge in [-0.15, -0.1) is 0 Å². The number of hydrogen-bond donors (Lipinski definition) is 2. The maximum Gasteiger partial charge on any atom is 0.295 e. The molecule has 0 saturated heterocycles. The first-order valence-electron chi connectivity index (χ1n) is 11.1. The number of alkyl halides is 4. The Morgan fingerprint density at radius 3 is 2.37 bits per heavy atom. The third kappa shape index (κ3) is 5.19. The minimum absolute atomic E-state index is 0.0447. The first-order chi connectivity index (χ1) is 17.8. The van der Waals surface area contributed by atoms with Gasteiger partial charge in [-0.1, -0.05) is 53.5 Å². The van der Waals surface area contributed by atoms with Crippen molar-refractivity contribution in [2.45, 2.75) is 32.7 Å². The number of nitrogens with one attached hydrogen (secondary N) is 1. The van der Waals surface area contributed by atoms with Crippen molar-refractivity contribution in [3.05, 3.63) is 97.0 Å². The number of aryl methyl sites for hydroxylation is 1. The zero-order valence-electron chi connectivity index (χ0n) is 19.8. The summed E-state index contributed by atoms with van der Waals surface area (Å²) in [5.41, 5.74) is -1.25. The number of amides is 1. The van der Waals surface area contributed by atoms with E-state index in [0.29, 0.717) is 17.1 Å². The van der Waals surface area contributed by atoms with Crippen LogP contribution in [-0.2, 0) is 12.5 Å². The molecule has 0 unspecified atom stereocenters. The molecule has 2 N–H and O–H groups in total. The van der Waals surface area contributed by atoms with Crippen LogP contribution in [0.5, 0.6) is 5.75 Å². The van der Waals surface area contributed by atoms with E-state index in [1.165, 1.54) is 30.3 Å². The lowest BCUT2D eigenvalue weighted by Gasteiger charge is -2.19. The molecule has 0 saturated carbocycles. The second-order valence-corrected chi connectivity index (χ2v) is 9.42. The number of carbonyl (C=O) groups is 1. The minimum atomic E-state index is -3.29. The van der Waals surface area contributed by atoms with Crippen molar-refractivity contribution in [1.29, 1.82) is 0 Å². The van der Waals surface area contributed by atoms with Crippen molar-refractivity contribution < 1.29 is 27.5 Å². The zero-order chi connectivity index (χ0) is 27.9. The highest BCUT2D eigenvalue weighted by molar-refractivity contribution is 6.37. The molecule has 38 heavy (non-hydrogen) atoms. The summed E-state index contributed by atoms with van der Waals surface area (Å²) in [7, 11) is 0. The van der Waals surface area contributed by atoms with Crippen LogP contribution in [0.15, 0.2) is 53.3 Å². The summed E-state index contributed by atoms with van der Waals surface area (Å²) in [5.74, 6) is -5.38. The predicted octanol–water partition coefficient (Wildman–Crippen LogP) is 7.07.